The third kappa shape index (κ3) is 2.15. The molecule has 3 atom stereocenters. The highest BCUT2D eigenvalue weighted by Gasteiger charge is 2.35. The molecule has 104 valence electrons. The first-order valence-electron chi connectivity index (χ1n) is 7.06. The second kappa shape index (κ2) is 4.50. The first-order valence-corrected chi connectivity index (χ1v) is 7.06. The molecule has 19 heavy (non-hydrogen) atoms. The molecule has 0 bridgehead atoms. The maximum absolute atomic E-state index is 10.5. The smallest absolute Gasteiger partial charge is 0.123 e. The maximum atomic E-state index is 10.5. The Morgan fingerprint density at radius 1 is 1.37 bits per heavy atom. The summed E-state index contributed by atoms with van der Waals surface area (Å²) in [6.07, 6.45) is 0.407. The van der Waals surface area contributed by atoms with Crippen LogP contribution in [0.15, 0.2) is 18.2 Å². The molecule has 0 amide bonds. The fourth-order valence-electron chi connectivity index (χ4n) is 3.03. The van der Waals surface area contributed by atoms with E-state index in [0.717, 1.165) is 24.3 Å². The van der Waals surface area contributed by atoms with E-state index >= 15 is 0 Å². The van der Waals surface area contributed by atoms with Gasteiger partial charge in [-0.25, -0.2) is 0 Å². The van der Waals surface area contributed by atoms with Crippen LogP contribution in [0.1, 0.15) is 44.4 Å². The summed E-state index contributed by atoms with van der Waals surface area (Å²) >= 11 is 0. The number of ether oxygens (including phenoxy) is 2. The zero-order valence-corrected chi connectivity index (χ0v) is 11.8. The Labute approximate surface area is 114 Å². The van der Waals surface area contributed by atoms with Gasteiger partial charge in [0.25, 0.3) is 0 Å². The van der Waals surface area contributed by atoms with Crippen LogP contribution in [-0.2, 0) is 10.2 Å². The molecule has 3 rings (SSSR count). The third-order valence-corrected chi connectivity index (χ3v) is 4.42. The SMILES string of the molecule is CC1CCOC1C(O)c1ccc2c(c1)C(C)(C)CO2. The molecule has 1 fully saturated rings. The van der Waals surface area contributed by atoms with E-state index in [-0.39, 0.29) is 11.5 Å². The van der Waals surface area contributed by atoms with E-state index in [2.05, 4.69) is 26.8 Å². The van der Waals surface area contributed by atoms with Crippen LogP contribution in [-0.4, -0.2) is 24.4 Å². The van der Waals surface area contributed by atoms with Crippen molar-refractivity contribution in [1.82, 2.24) is 0 Å². The van der Waals surface area contributed by atoms with Gasteiger partial charge in [-0.05, 0) is 30.0 Å². The van der Waals surface area contributed by atoms with Gasteiger partial charge >= 0.3 is 0 Å². The standard InChI is InChI=1S/C16H22O3/c1-10-6-7-18-15(10)14(17)11-4-5-13-12(8-11)16(2,3)9-19-13/h4-5,8,10,14-15,17H,6-7,9H2,1-3H3. The molecule has 2 heterocycles. The largest absolute Gasteiger partial charge is 0.492 e. The van der Waals surface area contributed by atoms with Crippen molar-refractivity contribution in [2.75, 3.05) is 13.2 Å². The lowest BCUT2D eigenvalue weighted by atomic mass is 9.84. The van der Waals surface area contributed by atoms with Crippen LogP contribution < -0.4 is 4.74 Å². The highest BCUT2D eigenvalue weighted by Crippen LogP contribution is 2.41. The lowest BCUT2D eigenvalue weighted by molar-refractivity contribution is -0.0178. The van der Waals surface area contributed by atoms with Crippen LogP contribution in [0.3, 0.4) is 0 Å². The molecule has 0 saturated carbocycles. The van der Waals surface area contributed by atoms with Crippen LogP contribution in [0.25, 0.3) is 0 Å². The first kappa shape index (κ1) is 12.9. The van der Waals surface area contributed by atoms with Crippen LogP contribution in [0.2, 0.25) is 0 Å². The van der Waals surface area contributed by atoms with Crippen molar-refractivity contribution in [1.29, 1.82) is 0 Å². The predicted octanol–water partition coefficient (Wildman–Crippen LogP) is 2.82. The summed E-state index contributed by atoms with van der Waals surface area (Å²) in [7, 11) is 0. The minimum Gasteiger partial charge on any atom is -0.492 e. The lowest BCUT2D eigenvalue weighted by Crippen LogP contribution is -2.23. The van der Waals surface area contributed by atoms with Crippen molar-refractivity contribution in [3.05, 3.63) is 29.3 Å². The van der Waals surface area contributed by atoms with E-state index in [1.165, 1.54) is 5.56 Å². The van der Waals surface area contributed by atoms with Gasteiger partial charge in [-0.15, -0.1) is 0 Å². The Kier molecular flexibility index (Phi) is 3.06. The number of benzene rings is 1. The van der Waals surface area contributed by atoms with Gasteiger partial charge in [-0.3, -0.25) is 0 Å². The Hall–Kier alpha value is -1.06. The second-order valence-electron chi connectivity index (χ2n) is 6.47. The van der Waals surface area contributed by atoms with E-state index in [1.54, 1.807) is 0 Å². The highest BCUT2D eigenvalue weighted by molar-refractivity contribution is 5.45. The molecule has 2 aliphatic heterocycles. The Balaban J connectivity index is 1.90. The van der Waals surface area contributed by atoms with Gasteiger partial charge in [0.1, 0.15) is 11.9 Å². The number of aliphatic hydroxyl groups is 1. The number of rotatable bonds is 2. The second-order valence-corrected chi connectivity index (χ2v) is 6.47. The summed E-state index contributed by atoms with van der Waals surface area (Å²) in [6.45, 7) is 7.94. The molecule has 0 spiro atoms. The summed E-state index contributed by atoms with van der Waals surface area (Å²) in [6, 6.07) is 6.02. The Morgan fingerprint density at radius 3 is 2.84 bits per heavy atom. The van der Waals surface area contributed by atoms with Gasteiger partial charge in [0.15, 0.2) is 0 Å². The third-order valence-electron chi connectivity index (χ3n) is 4.42. The van der Waals surface area contributed by atoms with Gasteiger partial charge in [-0.1, -0.05) is 26.8 Å². The molecule has 2 aliphatic rings. The van der Waals surface area contributed by atoms with Gasteiger partial charge in [0.05, 0.1) is 12.7 Å². The summed E-state index contributed by atoms with van der Waals surface area (Å²) < 4.78 is 11.4. The van der Waals surface area contributed by atoms with E-state index < -0.39 is 6.10 Å². The molecule has 1 aromatic carbocycles. The normalized spacial score (nSPS) is 29.9. The number of hydrogen-bond donors (Lipinski definition) is 1. The quantitative estimate of drug-likeness (QED) is 0.890. The molecule has 1 aromatic rings. The van der Waals surface area contributed by atoms with Crippen LogP contribution in [0, 0.1) is 5.92 Å². The number of fused-ring (bicyclic) bond motifs is 1. The fourth-order valence-corrected chi connectivity index (χ4v) is 3.03. The Morgan fingerprint density at radius 2 is 2.16 bits per heavy atom. The van der Waals surface area contributed by atoms with Crippen LogP contribution >= 0.6 is 0 Å². The first-order chi connectivity index (χ1) is 8.99. The average Bonchev–Trinajstić information content (AvgIpc) is 2.93. The van der Waals surface area contributed by atoms with E-state index in [1.807, 2.05) is 12.1 Å². The van der Waals surface area contributed by atoms with Crippen molar-refractivity contribution in [3.63, 3.8) is 0 Å². The predicted molar refractivity (Wildman–Crippen MR) is 73.4 cm³/mol. The van der Waals surface area contributed by atoms with Gasteiger partial charge in [0, 0.05) is 17.6 Å². The lowest BCUT2D eigenvalue weighted by Gasteiger charge is -2.23. The minimum absolute atomic E-state index is 0.0210. The number of aliphatic hydroxyl groups excluding tert-OH is 1. The molecular weight excluding hydrogens is 240 g/mol. The van der Waals surface area contributed by atoms with Gasteiger partial charge in [-0.2, -0.15) is 0 Å². The molecule has 3 nitrogen and oxygen atoms in total. The molecule has 3 unspecified atom stereocenters. The monoisotopic (exact) mass is 262 g/mol. The summed E-state index contributed by atoms with van der Waals surface area (Å²) in [5.74, 6) is 1.36. The Bertz CT molecular complexity index is 481. The topological polar surface area (TPSA) is 38.7 Å². The van der Waals surface area contributed by atoms with E-state index in [0.29, 0.717) is 12.5 Å². The highest BCUT2D eigenvalue weighted by atomic mass is 16.5. The summed E-state index contributed by atoms with van der Waals surface area (Å²) in [4.78, 5) is 0. The zero-order valence-electron chi connectivity index (χ0n) is 11.8. The molecule has 1 N–H and O–H groups in total. The summed E-state index contributed by atoms with van der Waals surface area (Å²) in [5.41, 5.74) is 2.15. The van der Waals surface area contributed by atoms with E-state index in [4.69, 9.17) is 9.47 Å². The van der Waals surface area contributed by atoms with Crippen LogP contribution in [0.5, 0.6) is 5.75 Å². The van der Waals surface area contributed by atoms with Gasteiger partial charge < -0.3 is 14.6 Å². The van der Waals surface area contributed by atoms with Gasteiger partial charge in [0.2, 0.25) is 0 Å². The molecule has 0 aromatic heterocycles. The van der Waals surface area contributed by atoms with Crippen LogP contribution in [0.4, 0.5) is 0 Å². The average molecular weight is 262 g/mol. The maximum Gasteiger partial charge on any atom is 0.123 e. The zero-order chi connectivity index (χ0) is 13.6. The number of hydrogen-bond acceptors (Lipinski definition) is 3. The van der Waals surface area contributed by atoms with E-state index in [9.17, 15) is 5.11 Å². The van der Waals surface area contributed by atoms with Crippen molar-refractivity contribution < 1.29 is 14.6 Å². The molecule has 0 aliphatic carbocycles. The summed E-state index contributed by atoms with van der Waals surface area (Å²) in [5, 5.41) is 10.5. The molecule has 3 heteroatoms. The molecular formula is C16H22O3. The van der Waals surface area contributed by atoms with Crippen molar-refractivity contribution >= 4 is 0 Å². The molecule has 0 radical (unpaired) electrons. The fraction of sp³-hybridized carbons (Fsp3) is 0.625. The van der Waals surface area contributed by atoms with Crippen molar-refractivity contribution in [3.8, 4) is 5.75 Å². The minimum atomic E-state index is -0.542. The van der Waals surface area contributed by atoms with Crippen molar-refractivity contribution in [2.45, 2.75) is 44.8 Å². The molecule has 1 saturated heterocycles. The van der Waals surface area contributed by atoms with Crippen molar-refractivity contribution in [2.24, 2.45) is 5.92 Å².